The van der Waals surface area contributed by atoms with E-state index in [1.54, 1.807) is 6.07 Å². The first-order valence-electron chi connectivity index (χ1n) is 12.0. The van der Waals surface area contributed by atoms with Crippen molar-refractivity contribution in [3.63, 3.8) is 0 Å². The lowest BCUT2D eigenvalue weighted by Gasteiger charge is -2.19. The van der Waals surface area contributed by atoms with Crippen LogP contribution in [0.2, 0.25) is 5.02 Å². The Bertz CT molecular complexity index is 1320. The molecule has 0 bridgehead atoms. The van der Waals surface area contributed by atoms with Crippen LogP contribution in [0.25, 0.3) is 22.2 Å². The Morgan fingerprint density at radius 1 is 1.03 bits per heavy atom. The highest BCUT2D eigenvalue weighted by molar-refractivity contribution is 6.31. The number of imidazole rings is 1. The van der Waals surface area contributed by atoms with Crippen molar-refractivity contribution in [1.29, 1.82) is 0 Å². The van der Waals surface area contributed by atoms with Crippen molar-refractivity contribution in [2.45, 2.75) is 59.1 Å². The molecule has 5 nitrogen and oxygen atoms in total. The van der Waals surface area contributed by atoms with Gasteiger partial charge in [-0.1, -0.05) is 67.4 Å². The molecule has 0 fully saturated rings. The number of hydrogen-bond acceptors (Lipinski definition) is 4. The molecule has 0 amide bonds. The van der Waals surface area contributed by atoms with Gasteiger partial charge in [0.1, 0.15) is 17.2 Å². The van der Waals surface area contributed by atoms with Crippen molar-refractivity contribution in [2.75, 3.05) is 0 Å². The van der Waals surface area contributed by atoms with Gasteiger partial charge in [0.25, 0.3) is 0 Å². The fourth-order valence-electron chi connectivity index (χ4n) is 3.97. The minimum absolute atomic E-state index is 0.464. The van der Waals surface area contributed by atoms with Crippen LogP contribution in [-0.2, 0) is 17.7 Å². The molecule has 0 N–H and O–H groups in total. The van der Waals surface area contributed by atoms with Gasteiger partial charge in [-0.3, -0.25) is 0 Å². The summed E-state index contributed by atoms with van der Waals surface area (Å²) in [7, 11) is 0. The number of carbonyl (C=O) groups is 1. The number of carbonyl (C=O) groups excluding carboxylic acids is 1. The van der Waals surface area contributed by atoms with E-state index in [0.717, 1.165) is 52.8 Å². The third-order valence-corrected chi connectivity index (χ3v) is 5.85. The van der Waals surface area contributed by atoms with Crippen molar-refractivity contribution >= 4 is 28.8 Å². The topological polar surface area (TPSA) is 53.4 Å². The van der Waals surface area contributed by atoms with Crippen LogP contribution in [0.4, 0.5) is 4.79 Å². The van der Waals surface area contributed by atoms with Gasteiger partial charge >= 0.3 is 6.16 Å². The van der Waals surface area contributed by atoms with Gasteiger partial charge in [-0.15, -0.1) is 0 Å². The predicted molar refractivity (Wildman–Crippen MR) is 141 cm³/mol. The number of halogens is 1. The van der Waals surface area contributed by atoms with Crippen LogP contribution < -0.4 is 4.74 Å². The number of para-hydroxylation sites is 1. The van der Waals surface area contributed by atoms with Crippen LogP contribution in [0.5, 0.6) is 5.75 Å². The predicted octanol–water partition coefficient (Wildman–Crippen LogP) is 8.06. The van der Waals surface area contributed by atoms with Gasteiger partial charge in [-0.2, -0.15) is 0 Å². The lowest BCUT2D eigenvalue weighted by atomic mass is 10.0. The number of rotatable bonds is 7. The molecule has 182 valence electrons. The number of fused-ring (bicyclic) bond motifs is 1. The zero-order chi connectivity index (χ0) is 25.0. The molecule has 1 heterocycles. The maximum Gasteiger partial charge on any atom is 0.514 e. The fraction of sp³-hybridized carbons (Fsp3) is 0.310. The summed E-state index contributed by atoms with van der Waals surface area (Å²) < 4.78 is 13.1. The Labute approximate surface area is 211 Å². The summed E-state index contributed by atoms with van der Waals surface area (Å²) in [6.45, 7) is 8.32. The highest BCUT2D eigenvalue weighted by atomic mass is 35.5. The van der Waals surface area contributed by atoms with Crippen LogP contribution in [0.3, 0.4) is 0 Å². The van der Waals surface area contributed by atoms with Gasteiger partial charge in [0.05, 0.1) is 11.0 Å². The zero-order valence-corrected chi connectivity index (χ0v) is 21.4. The molecule has 0 saturated carbocycles. The lowest BCUT2D eigenvalue weighted by Crippen LogP contribution is -2.26. The Morgan fingerprint density at radius 2 is 1.77 bits per heavy atom. The summed E-state index contributed by atoms with van der Waals surface area (Å²) in [4.78, 5) is 17.1. The molecule has 0 aliphatic carbocycles. The van der Waals surface area contributed by atoms with Gasteiger partial charge in [-0.25, -0.2) is 9.78 Å². The molecular formula is C29H31ClN2O3. The van der Waals surface area contributed by atoms with Gasteiger partial charge < -0.3 is 14.0 Å². The van der Waals surface area contributed by atoms with Crippen LogP contribution in [0, 0.1) is 0 Å². The van der Waals surface area contributed by atoms with Crippen molar-refractivity contribution < 1.29 is 14.3 Å². The molecule has 4 aromatic rings. The fourth-order valence-corrected chi connectivity index (χ4v) is 4.14. The van der Waals surface area contributed by atoms with Crippen LogP contribution in [-0.4, -0.2) is 21.3 Å². The van der Waals surface area contributed by atoms with Crippen molar-refractivity contribution in [3.8, 4) is 16.9 Å². The van der Waals surface area contributed by atoms with E-state index in [0.29, 0.717) is 17.3 Å². The lowest BCUT2D eigenvalue weighted by molar-refractivity contribution is 0.0207. The first kappa shape index (κ1) is 24.8. The van der Waals surface area contributed by atoms with E-state index in [9.17, 15) is 4.79 Å². The molecule has 6 heteroatoms. The van der Waals surface area contributed by atoms with E-state index < -0.39 is 11.8 Å². The number of nitrogens with zero attached hydrogens (tertiary/aromatic N) is 2. The summed E-state index contributed by atoms with van der Waals surface area (Å²) in [5, 5.41) is 0.706. The average Bonchev–Trinajstić information content (AvgIpc) is 3.14. The molecule has 3 aromatic carbocycles. The van der Waals surface area contributed by atoms with E-state index in [-0.39, 0.29) is 0 Å². The van der Waals surface area contributed by atoms with Crippen LogP contribution >= 0.6 is 11.6 Å². The second kappa shape index (κ2) is 10.5. The first-order chi connectivity index (χ1) is 16.7. The van der Waals surface area contributed by atoms with Gasteiger partial charge in [0.15, 0.2) is 0 Å². The second-order valence-electron chi connectivity index (χ2n) is 9.61. The highest BCUT2D eigenvalue weighted by Gasteiger charge is 2.19. The first-order valence-corrected chi connectivity index (χ1v) is 12.3. The normalized spacial score (nSPS) is 11.6. The summed E-state index contributed by atoms with van der Waals surface area (Å²) in [5.41, 5.74) is 4.32. The number of benzene rings is 3. The average molecular weight is 491 g/mol. The smallest absolute Gasteiger partial charge is 0.428 e. The molecule has 0 atom stereocenters. The Hall–Kier alpha value is -3.31. The van der Waals surface area contributed by atoms with Crippen molar-refractivity contribution in [1.82, 2.24) is 9.55 Å². The highest BCUT2D eigenvalue weighted by Crippen LogP contribution is 2.31. The minimum Gasteiger partial charge on any atom is -0.428 e. The minimum atomic E-state index is -0.716. The zero-order valence-electron chi connectivity index (χ0n) is 20.7. The van der Waals surface area contributed by atoms with Crippen molar-refractivity contribution in [3.05, 3.63) is 83.1 Å². The number of unbranched alkanes of at least 4 members (excludes halogenated alkanes) is 1. The molecule has 4 rings (SSSR count). The second-order valence-corrected chi connectivity index (χ2v) is 10.0. The van der Waals surface area contributed by atoms with Gasteiger partial charge in [0, 0.05) is 23.6 Å². The van der Waals surface area contributed by atoms with E-state index in [1.165, 1.54) is 0 Å². The Balaban J connectivity index is 1.59. The van der Waals surface area contributed by atoms with Crippen molar-refractivity contribution in [2.24, 2.45) is 0 Å². The summed E-state index contributed by atoms with van der Waals surface area (Å²) in [6, 6.07) is 21.6. The molecule has 0 aliphatic rings. The largest absolute Gasteiger partial charge is 0.514 e. The van der Waals surface area contributed by atoms with Gasteiger partial charge in [0.2, 0.25) is 0 Å². The van der Waals surface area contributed by atoms with E-state index >= 15 is 0 Å². The summed E-state index contributed by atoms with van der Waals surface area (Å²) in [6.07, 6.45) is 2.41. The molecular weight excluding hydrogens is 460 g/mol. The monoisotopic (exact) mass is 490 g/mol. The standard InChI is InChI=1S/C29H31ClN2O3/c1-5-6-11-27-31-24-17-16-22(30)18-25(24)32(27)19-20-12-14-21(15-13-20)23-9-7-8-10-26(23)34-28(33)35-29(2,3)4/h7-10,12-18H,5-6,11,19H2,1-4H3. The number of hydrogen-bond donors (Lipinski definition) is 0. The van der Waals surface area contributed by atoms with Gasteiger partial charge in [-0.05, 0) is 62.6 Å². The van der Waals surface area contributed by atoms with E-state index in [2.05, 4.69) is 23.6 Å². The summed E-state index contributed by atoms with van der Waals surface area (Å²) in [5.74, 6) is 1.54. The molecule has 0 radical (unpaired) electrons. The molecule has 0 spiro atoms. The Morgan fingerprint density at radius 3 is 2.49 bits per heavy atom. The molecule has 0 unspecified atom stereocenters. The number of aromatic nitrogens is 2. The number of aryl methyl sites for hydroxylation is 1. The molecule has 0 saturated heterocycles. The third-order valence-electron chi connectivity index (χ3n) is 5.62. The maximum atomic E-state index is 12.2. The van der Waals surface area contributed by atoms with E-state index in [4.69, 9.17) is 26.1 Å². The summed E-state index contributed by atoms with van der Waals surface area (Å²) >= 11 is 6.30. The van der Waals surface area contributed by atoms with Crippen LogP contribution in [0.1, 0.15) is 51.9 Å². The maximum absolute atomic E-state index is 12.2. The molecule has 0 aliphatic heterocycles. The third kappa shape index (κ3) is 6.23. The number of ether oxygens (including phenoxy) is 2. The van der Waals surface area contributed by atoms with E-state index in [1.807, 2.05) is 69.3 Å². The molecule has 35 heavy (non-hydrogen) atoms. The van der Waals surface area contributed by atoms with Crippen LogP contribution in [0.15, 0.2) is 66.7 Å². The molecule has 1 aromatic heterocycles. The Kier molecular flexibility index (Phi) is 7.46. The SMILES string of the molecule is CCCCc1nc2ccc(Cl)cc2n1Cc1ccc(-c2ccccc2OC(=O)OC(C)(C)C)cc1. The quantitative estimate of drug-likeness (QED) is 0.194.